The molecule has 2 heterocycles. The number of aryl methyl sites for hydroxylation is 2. The van der Waals surface area contributed by atoms with Crippen molar-refractivity contribution >= 4 is 11.6 Å². The minimum atomic E-state index is -0.590. The Balaban J connectivity index is 2.26. The van der Waals surface area contributed by atoms with Gasteiger partial charge in [0.1, 0.15) is 11.3 Å². The Labute approximate surface area is 124 Å². The molecule has 2 aromatic rings. The Morgan fingerprint density at radius 2 is 2.19 bits per heavy atom. The van der Waals surface area contributed by atoms with Gasteiger partial charge in [-0.15, -0.1) is 0 Å². The van der Waals surface area contributed by atoms with Crippen molar-refractivity contribution in [3.63, 3.8) is 0 Å². The second-order valence-electron chi connectivity index (χ2n) is 5.74. The molecule has 1 aliphatic heterocycles. The molecular formula is C17H20N2O2. The number of fused-ring (bicyclic) bond motifs is 1. The lowest BCUT2D eigenvalue weighted by Gasteiger charge is -2.40. The van der Waals surface area contributed by atoms with Gasteiger partial charge in [-0.05, 0) is 49.6 Å². The zero-order valence-electron chi connectivity index (χ0n) is 12.6. The van der Waals surface area contributed by atoms with Crippen molar-refractivity contribution in [1.29, 1.82) is 0 Å². The van der Waals surface area contributed by atoms with E-state index in [0.717, 1.165) is 35.5 Å². The molecule has 1 aliphatic rings. The number of benzene rings is 1. The van der Waals surface area contributed by atoms with Crippen LogP contribution in [0.2, 0.25) is 0 Å². The zero-order chi connectivity index (χ0) is 15.0. The van der Waals surface area contributed by atoms with Gasteiger partial charge in [-0.3, -0.25) is 4.79 Å². The molecule has 0 bridgehead atoms. The molecule has 2 N–H and O–H groups in total. The number of nitrogens with one attached hydrogen (secondary N) is 2. The highest BCUT2D eigenvalue weighted by Gasteiger charge is 2.42. The number of carbonyl (C=O) groups is 1. The predicted octanol–water partition coefficient (Wildman–Crippen LogP) is 3.09. The first-order valence-corrected chi connectivity index (χ1v) is 7.21. The van der Waals surface area contributed by atoms with Crippen molar-refractivity contribution in [2.75, 3.05) is 11.9 Å². The average molecular weight is 284 g/mol. The lowest BCUT2D eigenvalue weighted by Crippen LogP contribution is -2.49. The van der Waals surface area contributed by atoms with Crippen molar-refractivity contribution in [2.24, 2.45) is 0 Å². The van der Waals surface area contributed by atoms with E-state index in [0.29, 0.717) is 0 Å². The lowest BCUT2D eigenvalue weighted by molar-refractivity contribution is -0.120. The van der Waals surface area contributed by atoms with Gasteiger partial charge in [-0.1, -0.05) is 6.07 Å². The van der Waals surface area contributed by atoms with Gasteiger partial charge < -0.3 is 15.1 Å². The number of rotatable bonds is 2. The van der Waals surface area contributed by atoms with Gasteiger partial charge in [0.15, 0.2) is 0 Å². The fraction of sp³-hybridized carbons (Fsp3) is 0.353. The second-order valence-corrected chi connectivity index (χ2v) is 5.74. The molecule has 1 unspecified atom stereocenters. The van der Waals surface area contributed by atoms with Crippen LogP contribution in [0.25, 0.3) is 0 Å². The van der Waals surface area contributed by atoms with E-state index in [1.54, 1.807) is 13.2 Å². The molecule has 3 rings (SSSR count). The molecule has 110 valence electrons. The summed E-state index contributed by atoms with van der Waals surface area (Å²) in [6.07, 6.45) is 2.42. The van der Waals surface area contributed by atoms with Crippen LogP contribution >= 0.6 is 0 Å². The van der Waals surface area contributed by atoms with Crippen molar-refractivity contribution < 1.29 is 9.21 Å². The Bertz CT molecular complexity index is 676. The van der Waals surface area contributed by atoms with Gasteiger partial charge in [0.2, 0.25) is 5.91 Å². The molecule has 0 radical (unpaired) electrons. The number of furan rings is 1. The fourth-order valence-corrected chi connectivity index (χ4v) is 3.44. The van der Waals surface area contributed by atoms with E-state index in [9.17, 15) is 4.79 Å². The SMILES string of the molecule is CC(=O)NC1(c2ccco2)CCNc2cc(C)cc(C)c21. The van der Waals surface area contributed by atoms with Crippen molar-refractivity contribution in [1.82, 2.24) is 5.32 Å². The van der Waals surface area contributed by atoms with E-state index >= 15 is 0 Å². The number of carbonyl (C=O) groups excluding carboxylic acids is 1. The Morgan fingerprint density at radius 3 is 2.86 bits per heavy atom. The van der Waals surface area contributed by atoms with E-state index in [1.807, 2.05) is 12.1 Å². The minimum Gasteiger partial charge on any atom is -0.466 e. The largest absolute Gasteiger partial charge is 0.466 e. The van der Waals surface area contributed by atoms with Crippen LogP contribution in [0, 0.1) is 13.8 Å². The first-order chi connectivity index (χ1) is 10.0. The summed E-state index contributed by atoms with van der Waals surface area (Å²) in [7, 11) is 0. The summed E-state index contributed by atoms with van der Waals surface area (Å²) < 4.78 is 5.68. The van der Waals surface area contributed by atoms with Crippen LogP contribution in [-0.4, -0.2) is 12.5 Å². The number of hydrogen-bond acceptors (Lipinski definition) is 3. The Hall–Kier alpha value is -2.23. The van der Waals surface area contributed by atoms with Crippen LogP contribution in [-0.2, 0) is 10.3 Å². The fourth-order valence-electron chi connectivity index (χ4n) is 3.44. The summed E-state index contributed by atoms with van der Waals surface area (Å²) in [5, 5.41) is 6.58. The third kappa shape index (κ3) is 2.20. The van der Waals surface area contributed by atoms with Crippen LogP contribution in [0.3, 0.4) is 0 Å². The molecule has 0 saturated carbocycles. The highest BCUT2D eigenvalue weighted by molar-refractivity contribution is 5.77. The predicted molar refractivity (Wildman–Crippen MR) is 82.3 cm³/mol. The minimum absolute atomic E-state index is 0.0563. The molecule has 21 heavy (non-hydrogen) atoms. The van der Waals surface area contributed by atoms with Crippen molar-refractivity contribution in [3.05, 3.63) is 53.0 Å². The van der Waals surface area contributed by atoms with Crippen molar-refractivity contribution in [2.45, 2.75) is 32.7 Å². The van der Waals surface area contributed by atoms with Crippen LogP contribution in [0.5, 0.6) is 0 Å². The molecule has 0 aliphatic carbocycles. The van der Waals surface area contributed by atoms with Gasteiger partial charge in [0.25, 0.3) is 0 Å². The maximum atomic E-state index is 11.8. The summed E-state index contributed by atoms with van der Waals surface area (Å²) in [4.78, 5) is 11.8. The topological polar surface area (TPSA) is 54.3 Å². The normalized spacial score (nSPS) is 20.5. The summed E-state index contributed by atoms with van der Waals surface area (Å²) in [5.41, 5.74) is 3.95. The van der Waals surface area contributed by atoms with Crippen LogP contribution < -0.4 is 10.6 Å². The third-order valence-corrected chi connectivity index (χ3v) is 4.05. The molecule has 0 spiro atoms. The first kappa shape index (κ1) is 13.7. The summed E-state index contributed by atoms with van der Waals surface area (Å²) in [6, 6.07) is 8.07. The molecule has 0 saturated heterocycles. The van der Waals surface area contributed by atoms with Crippen LogP contribution in [0.4, 0.5) is 5.69 Å². The molecule has 1 atom stereocenters. The highest BCUT2D eigenvalue weighted by atomic mass is 16.3. The summed E-state index contributed by atoms with van der Waals surface area (Å²) >= 11 is 0. The molecule has 1 aromatic carbocycles. The quantitative estimate of drug-likeness (QED) is 0.891. The average Bonchev–Trinajstić information content (AvgIpc) is 2.91. The number of amides is 1. The summed E-state index contributed by atoms with van der Waals surface area (Å²) in [6.45, 7) is 6.50. The molecule has 1 amide bonds. The maximum absolute atomic E-state index is 11.8. The van der Waals surface area contributed by atoms with E-state index in [-0.39, 0.29) is 5.91 Å². The molecule has 1 aromatic heterocycles. The molecule has 4 nitrogen and oxygen atoms in total. The smallest absolute Gasteiger partial charge is 0.217 e. The first-order valence-electron chi connectivity index (χ1n) is 7.21. The van der Waals surface area contributed by atoms with E-state index in [2.05, 4.69) is 36.6 Å². The van der Waals surface area contributed by atoms with E-state index in [1.165, 1.54) is 5.56 Å². The van der Waals surface area contributed by atoms with Gasteiger partial charge in [-0.25, -0.2) is 0 Å². The van der Waals surface area contributed by atoms with E-state index in [4.69, 9.17) is 4.42 Å². The van der Waals surface area contributed by atoms with Crippen LogP contribution in [0.15, 0.2) is 34.9 Å². The number of anilines is 1. The monoisotopic (exact) mass is 284 g/mol. The summed E-state index contributed by atoms with van der Waals surface area (Å²) in [5.74, 6) is 0.728. The lowest BCUT2D eigenvalue weighted by atomic mass is 9.78. The third-order valence-electron chi connectivity index (χ3n) is 4.05. The molecular weight excluding hydrogens is 264 g/mol. The van der Waals surface area contributed by atoms with Gasteiger partial charge >= 0.3 is 0 Å². The molecule has 4 heteroatoms. The van der Waals surface area contributed by atoms with E-state index < -0.39 is 5.54 Å². The standard InChI is InChI=1S/C17H20N2O2/c1-11-9-12(2)16-14(10-11)18-7-6-17(16,19-13(3)20)15-5-4-8-21-15/h4-5,8-10,18H,6-7H2,1-3H3,(H,19,20). The zero-order valence-corrected chi connectivity index (χ0v) is 12.6. The Kier molecular flexibility index (Phi) is 3.24. The Morgan fingerprint density at radius 1 is 1.38 bits per heavy atom. The maximum Gasteiger partial charge on any atom is 0.217 e. The van der Waals surface area contributed by atoms with Gasteiger partial charge in [0.05, 0.1) is 6.26 Å². The second kappa shape index (κ2) is 4.95. The van der Waals surface area contributed by atoms with Gasteiger partial charge in [-0.2, -0.15) is 0 Å². The van der Waals surface area contributed by atoms with Gasteiger partial charge in [0, 0.05) is 24.7 Å². The van der Waals surface area contributed by atoms with Crippen molar-refractivity contribution in [3.8, 4) is 0 Å². The van der Waals surface area contributed by atoms with Crippen LogP contribution in [0.1, 0.15) is 35.8 Å². The molecule has 0 fully saturated rings. The highest BCUT2D eigenvalue weighted by Crippen LogP contribution is 2.43. The number of hydrogen-bond donors (Lipinski definition) is 2.